The molecule has 4 saturated carbocycles. The molecule has 5 unspecified atom stereocenters. The lowest BCUT2D eigenvalue weighted by atomic mass is 9.42. The number of allylic oxidation sites excluding steroid dienone is 1. The Hall–Kier alpha value is -1.20. The summed E-state index contributed by atoms with van der Waals surface area (Å²) in [6.07, 6.45) is 8.98. The third kappa shape index (κ3) is 3.17. The zero-order valence-corrected chi connectivity index (χ0v) is 19.4. The van der Waals surface area contributed by atoms with E-state index in [1.54, 1.807) is 0 Å². The van der Waals surface area contributed by atoms with Gasteiger partial charge in [0.15, 0.2) is 0 Å². The van der Waals surface area contributed by atoms with Crippen LogP contribution in [0.1, 0.15) is 71.6 Å². The van der Waals surface area contributed by atoms with Crippen LogP contribution < -0.4 is 5.32 Å². The number of aliphatic hydroxyl groups is 1. The lowest BCUT2D eigenvalue weighted by Crippen LogP contribution is -2.61. The van der Waals surface area contributed by atoms with Crippen molar-refractivity contribution in [1.29, 1.82) is 0 Å². The topological polar surface area (TPSA) is 70.9 Å². The number of carbonyl (C=O) groups excluding carboxylic acids is 1. The fraction of sp³-hybridized carbons (Fsp3) is 0.846. The maximum Gasteiger partial charge on any atom is 0.141 e. The lowest BCUT2D eigenvalue weighted by molar-refractivity contribution is -0.161. The molecule has 5 fully saturated rings. The van der Waals surface area contributed by atoms with Gasteiger partial charge in [-0.25, -0.2) is 0 Å². The second kappa shape index (κ2) is 7.98. The summed E-state index contributed by atoms with van der Waals surface area (Å²) in [6.45, 7) is 10.9. The highest BCUT2D eigenvalue weighted by Crippen LogP contribution is 2.67. The van der Waals surface area contributed by atoms with Crippen LogP contribution in [-0.2, 0) is 9.63 Å². The van der Waals surface area contributed by atoms with Gasteiger partial charge in [0.25, 0.3) is 0 Å². The van der Waals surface area contributed by atoms with Crippen molar-refractivity contribution in [3.8, 4) is 0 Å². The highest BCUT2D eigenvalue weighted by atomic mass is 16.6. The van der Waals surface area contributed by atoms with Crippen LogP contribution in [0.15, 0.2) is 17.3 Å². The second-order valence-corrected chi connectivity index (χ2v) is 11.3. The minimum atomic E-state index is -0.278. The first-order valence-electron chi connectivity index (χ1n) is 12.7. The number of aliphatic hydroxyl groups excluding tert-OH is 1. The Labute approximate surface area is 187 Å². The smallest absolute Gasteiger partial charge is 0.141 e. The molecule has 31 heavy (non-hydrogen) atoms. The Morgan fingerprint density at radius 2 is 2.06 bits per heavy atom. The molecule has 5 rings (SSSR count). The molecule has 172 valence electrons. The molecule has 0 aromatic rings. The number of carbonyl (C=O) groups is 1. The summed E-state index contributed by atoms with van der Waals surface area (Å²) < 4.78 is 0. The van der Waals surface area contributed by atoms with Crippen LogP contribution in [0.25, 0.3) is 0 Å². The van der Waals surface area contributed by atoms with Crippen molar-refractivity contribution in [3.05, 3.63) is 12.2 Å². The van der Waals surface area contributed by atoms with Crippen LogP contribution in [0.5, 0.6) is 0 Å². The first-order chi connectivity index (χ1) is 14.9. The lowest BCUT2D eigenvalue weighted by Gasteiger charge is -2.61. The summed E-state index contributed by atoms with van der Waals surface area (Å²) in [5.74, 6) is 1.79. The van der Waals surface area contributed by atoms with Crippen molar-refractivity contribution < 1.29 is 14.7 Å². The molecule has 1 saturated heterocycles. The number of oxime groups is 1. The Morgan fingerprint density at radius 3 is 2.77 bits per heavy atom. The van der Waals surface area contributed by atoms with E-state index in [2.05, 4.69) is 30.9 Å². The summed E-state index contributed by atoms with van der Waals surface area (Å²) in [4.78, 5) is 19.6. The summed E-state index contributed by atoms with van der Waals surface area (Å²) in [7, 11) is 0. The predicted octanol–water partition coefficient (Wildman–Crippen LogP) is 4.11. The first-order valence-corrected chi connectivity index (χ1v) is 12.7. The third-order valence-corrected chi connectivity index (χ3v) is 10.3. The van der Waals surface area contributed by atoms with E-state index >= 15 is 0 Å². The summed E-state index contributed by atoms with van der Waals surface area (Å²) in [6, 6.07) is 0. The van der Waals surface area contributed by atoms with Crippen molar-refractivity contribution in [1.82, 2.24) is 5.32 Å². The molecular weight excluding hydrogens is 388 g/mol. The molecule has 5 aliphatic rings. The normalized spacial score (nSPS) is 48.4. The van der Waals surface area contributed by atoms with Crippen molar-refractivity contribution in [2.24, 2.45) is 45.6 Å². The van der Waals surface area contributed by atoms with Crippen molar-refractivity contribution in [2.75, 3.05) is 19.7 Å². The maximum absolute atomic E-state index is 13.8. The van der Waals surface area contributed by atoms with Gasteiger partial charge in [-0.1, -0.05) is 31.2 Å². The summed E-state index contributed by atoms with van der Waals surface area (Å²) in [5, 5.41) is 18.8. The molecule has 0 aromatic carbocycles. The standard InChI is InChI=1S/C26H40N2O3/c1-4-18-22(28-31-17-9-12-27-14-17)8-11-26(15-29)21-7-10-25(3)16(2)5-6-20(25)19(21)13-23(30)24(18)26/h17-21,24,27,29H,2,4-15H2,1,3H3/t17?,18-,19?,20?,21?,24?,25+,26-/m0/s1. The predicted molar refractivity (Wildman–Crippen MR) is 122 cm³/mol. The fourth-order valence-corrected chi connectivity index (χ4v) is 8.55. The van der Waals surface area contributed by atoms with E-state index in [0.29, 0.717) is 30.0 Å². The molecule has 8 atom stereocenters. The third-order valence-electron chi connectivity index (χ3n) is 10.3. The van der Waals surface area contributed by atoms with Gasteiger partial charge in [0.1, 0.15) is 11.9 Å². The van der Waals surface area contributed by atoms with Crippen molar-refractivity contribution in [2.45, 2.75) is 77.7 Å². The fourth-order valence-electron chi connectivity index (χ4n) is 8.55. The van der Waals surface area contributed by atoms with Crippen LogP contribution in [0, 0.1) is 40.4 Å². The minimum absolute atomic E-state index is 0.101. The van der Waals surface area contributed by atoms with Crippen LogP contribution in [0.3, 0.4) is 0 Å². The van der Waals surface area contributed by atoms with Crippen molar-refractivity contribution in [3.63, 3.8) is 0 Å². The Bertz CT molecular complexity index is 773. The van der Waals surface area contributed by atoms with Gasteiger partial charge in [0.2, 0.25) is 0 Å². The van der Waals surface area contributed by atoms with Crippen LogP contribution in [0.2, 0.25) is 0 Å². The van der Waals surface area contributed by atoms with E-state index in [4.69, 9.17) is 4.84 Å². The number of nitrogens with zero attached hydrogens (tertiary/aromatic N) is 1. The number of fused-ring (bicyclic) bond motifs is 5. The summed E-state index contributed by atoms with van der Waals surface area (Å²) in [5.41, 5.74) is 2.37. The van der Waals surface area contributed by atoms with E-state index < -0.39 is 0 Å². The van der Waals surface area contributed by atoms with Crippen LogP contribution >= 0.6 is 0 Å². The SMILES string of the molecule is C=C1CCC2C3CC(=O)C4[C@@H](CC)C(=NOC5CCNC5)CC[C@]4(CO)C3CC[C@]12C. The number of nitrogens with one attached hydrogen (secondary N) is 1. The van der Waals surface area contributed by atoms with Crippen LogP contribution in [0.4, 0.5) is 0 Å². The molecule has 5 heteroatoms. The molecule has 0 radical (unpaired) electrons. The first kappa shape index (κ1) is 21.6. The molecule has 2 N–H and O–H groups in total. The van der Waals surface area contributed by atoms with E-state index in [0.717, 1.165) is 63.7 Å². The largest absolute Gasteiger partial charge is 0.396 e. The maximum atomic E-state index is 13.8. The number of ketones is 1. The molecule has 4 aliphatic carbocycles. The molecule has 0 spiro atoms. The Morgan fingerprint density at radius 1 is 1.23 bits per heavy atom. The molecule has 0 amide bonds. The van der Waals surface area contributed by atoms with Gasteiger partial charge in [-0.05, 0) is 74.7 Å². The van der Waals surface area contributed by atoms with E-state index in [1.165, 1.54) is 12.0 Å². The molecule has 1 aliphatic heterocycles. The number of hydrogen-bond acceptors (Lipinski definition) is 5. The molecule has 0 bridgehead atoms. The number of Topliss-reactive ketones (excluding diaryl/α,β-unsaturated/α-hetero) is 1. The van der Waals surface area contributed by atoms with E-state index in [1.807, 2.05) is 0 Å². The summed E-state index contributed by atoms with van der Waals surface area (Å²) >= 11 is 0. The number of hydrogen-bond donors (Lipinski definition) is 2. The van der Waals surface area contributed by atoms with Gasteiger partial charge in [-0.3, -0.25) is 4.79 Å². The van der Waals surface area contributed by atoms with Gasteiger partial charge in [0.05, 0.1) is 5.71 Å². The molecule has 0 aromatic heterocycles. The highest BCUT2D eigenvalue weighted by molar-refractivity contribution is 5.95. The second-order valence-electron chi connectivity index (χ2n) is 11.3. The van der Waals surface area contributed by atoms with Gasteiger partial charge in [-0.15, -0.1) is 0 Å². The molecule has 5 nitrogen and oxygen atoms in total. The van der Waals surface area contributed by atoms with Gasteiger partial charge < -0.3 is 15.3 Å². The highest BCUT2D eigenvalue weighted by Gasteiger charge is 2.64. The average Bonchev–Trinajstić information content (AvgIpc) is 3.40. The Balaban J connectivity index is 1.45. The average molecular weight is 429 g/mol. The monoisotopic (exact) mass is 428 g/mol. The zero-order chi connectivity index (χ0) is 21.8. The minimum Gasteiger partial charge on any atom is -0.396 e. The van der Waals surface area contributed by atoms with Gasteiger partial charge >= 0.3 is 0 Å². The molecule has 1 heterocycles. The molecular formula is C26H40N2O3. The van der Waals surface area contributed by atoms with Gasteiger partial charge in [0, 0.05) is 43.2 Å². The van der Waals surface area contributed by atoms with Crippen LogP contribution in [-0.4, -0.2) is 42.4 Å². The zero-order valence-electron chi connectivity index (χ0n) is 19.4. The number of rotatable bonds is 4. The van der Waals surface area contributed by atoms with Gasteiger partial charge in [-0.2, -0.15) is 0 Å². The Kier molecular flexibility index (Phi) is 5.57. The van der Waals surface area contributed by atoms with Crippen molar-refractivity contribution >= 4 is 11.5 Å². The quantitative estimate of drug-likeness (QED) is 0.522. The van der Waals surface area contributed by atoms with E-state index in [9.17, 15) is 9.90 Å². The van der Waals surface area contributed by atoms with E-state index in [-0.39, 0.29) is 35.4 Å².